The first-order valence-corrected chi connectivity index (χ1v) is 5.54. The van der Waals surface area contributed by atoms with E-state index in [1.165, 1.54) is 28.3 Å². The zero-order valence-corrected chi connectivity index (χ0v) is 11.2. The van der Waals surface area contributed by atoms with E-state index < -0.39 is 0 Å². The fraction of sp³-hybridized carbons (Fsp3) is 0.357. The molecule has 0 aliphatic carbocycles. The van der Waals surface area contributed by atoms with Crippen molar-refractivity contribution in [1.29, 1.82) is 0 Å². The molecule has 0 unspecified atom stereocenters. The standard InChI is InChI=1S/C14H18O4/c1-6-7-10-11(9(2)15)8-12(16-3)14(18-5)13(10)17-4/h6,8H,1,7H2,2-5H3. The molecule has 0 bridgehead atoms. The maximum Gasteiger partial charge on any atom is 0.203 e. The van der Waals surface area contributed by atoms with E-state index >= 15 is 0 Å². The maximum atomic E-state index is 11.7. The van der Waals surface area contributed by atoms with Gasteiger partial charge in [0.2, 0.25) is 5.75 Å². The van der Waals surface area contributed by atoms with Gasteiger partial charge in [-0.25, -0.2) is 0 Å². The molecular formula is C14H18O4. The Morgan fingerprint density at radius 1 is 1.22 bits per heavy atom. The fourth-order valence-electron chi connectivity index (χ4n) is 1.88. The summed E-state index contributed by atoms with van der Waals surface area (Å²) in [4.78, 5) is 11.7. The Hall–Kier alpha value is -1.97. The van der Waals surface area contributed by atoms with Crippen molar-refractivity contribution in [1.82, 2.24) is 0 Å². The van der Waals surface area contributed by atoms with E-state index in [1.54, 1.807) is 12.1 Å². The van der Waals surface area contributed by atoms with Gasteiger partial charge in [0.25, 0.3) is 0 Å². The van der Waals surface area contributed by atoms with Crippen LogP contribution in [0.25, 0.3) is 0 Å². The summed E-state index contributed by atoms with van der Waals surface area (Å²) in [5, 5.41) is 0. The molecule has 4 nitrogen and oxygen atoms in total. The summed E-state index contributed by atoms with van der Waals surface area (Å²) in [6.07, 6.45) is 2.24. The Kier molecular flexibility index (Phi) is 4.77. The summed E-state index contributed by atoms with van der Waals surface area (Å²) < 4.78 is 15.9. The molecular weight excluding hydrogens is 232 g/mol. The van der Waals surface area contributed by atoms with Gasteiger partial charge in [-0.15, -0.1) is 6.58 Å². The molecule has 18 heavy (non-hydrogen) atoms. The minimum absolute atomic E-state index is 0.0499. The monoisotopic (exact) mass is 250 g/mol. The highest BCUT2D eigenvalue weighted by molar-refractivity contribution is 5.97. The topological polar surface area (TPSA) is 44.8 Å². The van der Waals surface area contributed by atoms with Crippen molar-refractivity contribution >= 4 is 5.78 Å². The maximum absolute atomic E-state index is 11.7. The number of rotatable bonds is 6. The minimum Gasteiger partial charge on any atom is -0.493 e. The Balaban J connectivity index is 3.62. The van der Waals surface area contributed by atoms with Crippen LogP contribution in [0.5, 0.6) is 17.2 Å². The third-order valence-corrected chi connectivity index (χ3v) is 2.66. The van der Waals surface area contributed by atoms with E-state index in [0.717, 1.165) is 5.56 Å². The summed E-state index contributed by atoms with van der Waals surface area (Å²) in [7, 11) is 4.59. The highest BCUT2D eigenvalue weighted by Gasteiger charge is 2.21. The van der Waals surface area contributed by atoms with Gasteiger partial charge in [-0.05, 0) is 19.4 Å². The summed E-state index contributed by atoms with van der Waals surface area (Å²) in [5.74, 6) is 1.43. The molecule has 0 radical (unpaired) electrons. The number of Topliss-reactive ketones (excluding diaryl/α,β-unsaturated/α-hetero) is 1. The van der Waals surface area contributed by atoms with Gasteiger partial charge in [0.1, 0.15) is 0 Å². The van der Waals surface area contributed by atoms with Crippen LogP contribution in [-0.2, 0) is 6.42 Å². The lowest BCUT2D eigenvalue weighted by Gasteiger charge is -2.17. The van der Waals surface area contributed by atoms with Crippen molar-refractivity contribution in [2.45, 2.75) is 13.3 Å². The molecule has 1 aromatic carbocycles. The molecule has 0 saturated heterocycles. The Labute approximate surface area is 107 Å². The molecule has 1 rings (SSSR count). The van der Waals surface area contributed by atoms with Crippen molar-refractivity contribution in [3.63, 3.8) is 0 Å². The summed E-state index contributed by atoms with van der Waals surface area (Å²) in [6.45, 7) is 5.20. The van der Waals surface area contributed by atoms with Gasteiger partial charge >= 0.3 is 0 Å². The number of benzene rings is 1. The Morgan fingerprint density at radius 2 is 1.83 bits per heavy atom. The highest BCUT2D eigenvalue weighted by atomic mass is 16.5. The number of carbonyl (C=O) groups is 1. The SMILES string of the molecule is C=CCc1c(C(C)=O)cc(OC)c(OC)c1OC. The molecule has 98 valence electrons. The Morgan fingerprint density at radius 3 is 2.22 bits per heavy atom. The molecule has 0 saturated carbocycles. The number of ketones is 1. The predicted molar refractivity (Wildman–Crippen MR) is 70.0 cm³/mol. The minimum atomic E-state index is -0.0499. The van der Waals surface area contributed by atoms with Crippen LogP contribution in [0.3, 0.4) is 0 Å². The van der Waals surface area contributed by atoms with Crippen molar-refractivity contribution in [3.05, 3.63) is 29.8 Å². The van der Waals surface area contributed by atoms with Crippen molar-refractivity contribution in [2.75, 3.05) is 21.3 Å². The molecule has 0 amide bonds. The number of carbonyl (C=O) groups excluding carboxylic acids is 1. The lowest BCUT2D eigenvalue weighted by Crippen LogP contribution is -2.05. The molecule has 0 spiro atoms. The van der Waals surface area contributed by atoms with Crippen molar-refractivity contribution in [2.24, 2.45) is 0 Å². The smallest absolute Gasteiger partial charge is 0.203 e. The van der Waals surface area contributed by atoms with Gasteiger partial charge in [-0.3, -0.25) is 4.79 Å². The second kappa shape index (κ2) is 6.10. The van der Waals surface area contributed by atoms with Crippen LogP contribution in [0.15, 0.2) is 18.7 Å². The summed E-state index contributed by atoms with van der Waals surface area (Å²) in [5.41, 5.74) is 1.32. The molecule has 1 aromatic rings. The van der Waals surface area contributed by atoms with Crippen LogP contribution in [0.4, 0.5) is 0 Å². The first kappa shape index (κ1) is 14.1. The van der Waals surface area contributed by atoms with E-state index in [4.69, 9.17) is 14.2 Å². The molecule has 4 heteroatoms. The largest absolute Gasteiger partial charge is 0.493 e. The third-order valence-electron chi connectivity index (χ3n) is 2.66. The zero-order chi connectivity index (χ0) is 13.7. The Bertz CT molecular complexity index is 463. The third kappa shape index (κ3) is 2.47. The van der Waals surface area contributed by atoms with Crippen LogP contribution in [0.2, 0.25) is 0 Å². The first-order valence-electron chi connectivity index (χ1n) is 5.54. The lowest BCUT2D eigenvalue weighted by molar-refractivity contribution is 0.101. The van der Waals surface area contributed by atoms with Gasteiger partial charge in [-0.2, -0.15) is 0 Å². The van der Waals surface area contributed by atoms with E-state index in [9.17, 15) is 4.79 Å². The van der Waals surface area contributed by atoms with Gasteiger partial charge < -0.3 is 14.2 Å². The van der Waals surface area contributed by atoms with Gasteiger partial charge in [0.15, 0.2) is 17.3 Å². The first-order chi connectivity index (χ1) is 8.60. The lowest BCUT2D eigenvalue weighted by atomic mass is 9.99. The second-order valence-corrected chi connectivity index (χ2v) is 3.72. The summed E-state index contributed by atoms with van der Waals surface area (Å²) >= 11 is 0. The predicted octanol–water partition coefficient (Wildman–Crippen LogP) is 2.64. The molecule has 0 aliphatic rings. The van der Waals surface area contributed by atoms with E-state index in [1.807, 2.05) is 0 Å². The van der Waals surface area contributed by atoms with E-state index in [0.29, 0.717) is 29.2 Å². The average molecular weight is 250 g/mol. The second-order valence-electron chi connectivity index (χ2n) is 3.72. The molecule has 0 aromatic heterocycles. The normalized spacial score (nSPS) is 9.78. The number of methoxy groups -OCH3 is 3. The average Bonchev–Trinajstić information content (AvgIpc) is 2.37. The molecule has 0 aliphatic heterocycles. The van der Waals surface area contributed by atoms with Crippen molar-refractivity contribution < 1.29 is 19.0 Å². The number of hydrogen-bond acceptors (Lipinski definition) is 4. The molecule has 0 atom stereocenters. The zero-order valence-electron chi connectivity index (χ0n) is 11.2. The van der Waals surface area contributed by atoms with Crippen molar-refractivity contribution in [3.8, 4) is 17.2 Å². The van der Waals surface area contributed by atoms with Gasteiger partial charge in [0, 0.05) is 11.1 Å². The molecule has 0 fully saturated rings. The van der Waals surface area contributed by atoms with Gasteiger partial charge in [-0.1, -0.05) is 6.08 Å². The van der Waals surface area contributed by atoms with Crippen LogP contribution in [-0.4, -0.2) is 27.1 Å². The summed E-state index contributed by atoms with van der Waals surface area (Å²) in [6, 6.07) is 1.67. The van der Waals surface area contributed by atoms with Crippen LogP contribution >= 0.6 is 0 Å². The quantitative estimate of drug-likeness (QED) is 0.575. The van der Waals surface area contributed by atoms with E-state index in [-0.39, 0.29) is 5.78 Å². The van der Waals surface area contributed by atoms with Crippen LogP contribution in [0, 0.1) is 0 Å². The molecule has 0 N–H and O–H groups in total. The van der Waals surface area contributed by atoms with Gasteiger partial charge in [0.05, 0.1) is 21.3 Å². The van der Waals surface area contributed by atoms with Crippen LogP contribution < -0.4 is 14.2 Å². The van der Waals surface area contributed by atoms with Crippen LogP contribution in [0.1, 0.15) is 22.8 Å². The number of allylic oxidation sites excluding steroid dienone is 1. The number of ether oxygens (including phenoxy) is 3. The highest BCUT2D eigenvalue weighted by Crippen LogP contribution is 2.42. The van der Waals surface area contributed by atoms with E-state index in [2.05, 4.69) is 6.58 Å². The number of hydrogen-bond donors (Lipinski definition) is 0. The fourth-order valence-corrected chi connectivity index (χ4v) is 1.88. The molecule has 0 heterocycles.